The summed E-state index contributed by atoms with van der Waals surface area (Å²) < 4.78 is 24.6. The molecule has 5 heteroatoms. The van der Waals surface area contributed by atoms with E-state index in [2.05, 4.69) is 0 Å². The van der Waals surface area contributed by atoms with Gasteiger partial charge in [0.05, 0.1) is 6.54 Å². The maximum atomic E-state index is 13.8. The third-order valence-corrected chi connectivity index (χ3v) is 3.51. The summed E-state index contributed by atoms with van der Waals surface area (Å²) in [5.41, 5.74) is 0.954. The van der Waals surface area contributed by atoms with Gasteiger partial charge in [-0.3, -0.25) is 4.90 Å². The summed E-state index contributed by atoms with van der Waals surface area (Å²) in [5, 5.41) is 0. The minimum atomic E-state index is -0.662. The predicted octanol–water partition coefficient (Wildman–Crippen LogP) is 3.57. The van der Waals surface area contributed by atoms with Crippen LogP contribution in [-0.4, -0.2) is 23.3 Å². The van der Waals surface area contributed by atoms with Crippen LogP contribution in [0.5, 0.6) is 5.75 Å². The number of nitrogens with zero attached hydrogens (tertiary/aromatic N) is 1. The summed E-state index contributed by atoms with van der Waals surface area (Å²) in [7, 11) is 0. The van der Waals surface area contributed by atoms with E-state index in [1.807, 2.05) is 30.3 Å². The van der Waals surface area contributed by atoms with E-state index in [1.54, 1.807) is 19.1 Å². The molecule has 0 radical (unpaired) electrons. The number of hydrogen-bond acceptors (Lipinski definition) is 3. The minimum absolute atomic E-state index is 0.107. The van der Waals surface area contributed by atoms with Gasteiger partial charge < -0.3 is 9.47 Å². The summed E-state index contributed by atoms with van der Waals surface area (Å²) in [5.74, 6) is -0.357. The number of cyclic esters (lactones) is 1. The van der Waals surface area contributed by atoms with Crippen molar-refractivity contribution in [2.45, 2.75) is 25.8 Å². The molecule has 2 aromatic rings. The summed E-state index contributed by atoms with van der Waals surface area (Å²) in [4.78, 5) is 13.5. The van der Waals surface area contributed by atoms with Gasteiger partial charge in [-0.15, -0.1) is 0 Å². The molecule has 3 rings (SSSR count). The SMILES string of the molecule is CC1OC(=O)N(Cc2ccccc2)C1Oc1ccccc1F. The number of amides is 1. The zero-order chi connectivity index (χ0) is 15.5. The van der Waals surface area contributed by atoms with Gasteiger partial charge in [-0.05, 0) is 24.6 Å². The second kappa shape index (κ2) is 6.05. The Balaban J connectivity index is 1.81. The van der Waals surface area contributed by atoms with Crippen LogP contribution in [0.4, 0.5) is 9.18 Å². The fourth-order valence-corrected chi connectivity index (χ4v) is 2.41. The quantitative estimate of drug-likeness (QED) is 0.866. The van der Waals surface area contributed by atoms with E-state index in [0.717, 1.165) is 5.56 Å². The van der Waals surface area contributed by atoms with Crippen LogP contribution in [0.1, 0.15) is 12.5 Å². The summed E-state index contributed by atoms with van der Waals surface area (Å²) in [6.45, 7) is 2.08. The molecule has 2 unspecified atom stereocenters. The lowest BCUT2D eigenvalue weighted by Crippen LogP contribution is -2.40. The van der Waals surface area contributed by atoms with E-state index in [9.17, 15) is 9.18 Å². The Morgan fingerprint density at radius 2 is 1.82 bits per heavy atom. The Kier molecular flexibility index (Phi) is 3.96. The lowest BCUT2D eigenvalue weighted by Gasteiger charge is -2.24. The van der Waals surface area contributed by atoms with Crippen LogP contribution >= 0.6 is 0 Å². The highest BCUT2D eigenvalue weighted by atomic mass is 19.1. The largest absolute Gasteiger partial charge is 0.463 e. The van der Waals surface area contributed by atoms with Gasteiger partial charge >= 0.3 is 6.09 Å². The monoisotopic (exact) mass is 301 g/mol. The van der Waals surface area contributed by atoms with E-state index in [0.29, 0.717) is 6.54 Å². The van der Waals surface area contributed by atoms with E-state index < -0.39 is 24.2 Å². The highest BCUT2D eigenvalue weighted by Crippen LogP contribution is 2.26. The normalized spacial score (nSPS) is 20.8. The molecule has 1 heterocycles. The number of para-hydroxylation sites is 1. The van der Waals surface area contributed by atoms with Crippen LogP contribution in [0.2, 0.25) is 0 Å². The summed E-state index contributed by atoms with van der Waals surface area (Å²) in [6, 6.07) is 15.6. The van der Waals surface area contributed by atoms with Crippen molar-refractivity contribution in [1.82, 2.24) is 4.90 Å². The van der Waals surface area contributed by atoms with Gasteiger partial charge in [-0.1, -0.05) is 42.5 Å². The van der Waals surface area contributed by atoms with Gasteiger partial charge in [0.2, 0.25) is 6.23 Å². The fraction of sp³-hybridized carbons (Fsp3) is 0.235. The van der Waals surface area contributed by atoms with Crippen molar-refractivity contribution in [3.8, 4) is 5.75 Å². The lowest BCUT2D eigenvalue weighted by atomic mass is 10.2. The van der Waals surface area contributed by atoms with Crippen molar-refractivity contribution < 1.29 is 18.7 Å². The van der Waals surface area contributed by atoms with Crippen molar-refractivity contribution in [2.75, 3.05) is 0 Å². The molecule has 4 nitrogen and oxygen atoms in total. The molecular formula is C17H16FNO3. The molecule has 22 heavy (non-hydrogen) atoms. The van der Waals surface area contributed by atoms with E-state index >= 15 is 0 Å². The molecule has 2 aromatic carbocycles. The zero-order valence-corrected chi connectivity index (χ0v) is 12.1. The fourth-order valence-electron chi connectivity index (χ4n) is 2.41. The average Bonchev–Trinajstić information content (AvgIpc) is 2.77. The van der Waals surface area contributed by atoms with E-state index in [-0.39, 0.29) is 5.75 Å². The van der Waals surface area contributed by atoms with Crippen LogP contribution < -0.4 is 4.74 Å². The molecule has 1 aliphatic rings. The molecule has 0 bridgehead atoms. The molecule has 0 saturated carbocycles. The maximum Gasteiger partial charge on any atom is 0.413 e. The Morgan fingerprint density at radius 3 is 2.55 bits per heavy atom. The zero-order valence-electron chi connectivity index (χ0n) is 12.1. The van der Waals surface area contributed by atoms with Gasteiger partial charge in [-0.25, -0.2) is 9.18 Å². The van der Waals surface area contributed by atoms with E-state index in [1.165, 1.54) is 17.0 Å². The molecule has 0 aromatic heterocycles. The maximum absolute atomic E-state index is 13.8. The molecular weight excluding hydrogens is 285 g/mol. The molecule has 114 valence electrons. The number of rotatable bonds is 4. The highest BCUT2D eigenvalue weighted by Gasteiger charge is 2.41. The van der Waals surface area contributed by atoms with Gasteiger partial charge in [0.25, 0.3) is 0 Å². The first kappa shape index (κ1) is 14.4. The van der Waals surface area contributed by atoms with Gasteiger partial charge in [0, 0.05) is 0 Å². The lowest BCUT2D eigenvalue weighted by molar-refractivity contribution is 0.0382. The number of carbonyl (C=O) groups excluding carboxylic acids is 1. The number of ether oxygens (including phenoxy) is 2. The molecule has 0 aliphatic carbocycles. The summed E-state index contributed by atoms with van der Waals surface area (Å²) >= 11 is 0. The van der Waals surface area contributed by atoms with Gasteiger partial charge in [0.15, 0.2) is 17.7 Å². The van der Waals surface area contributed by atoms with Gasteiger partial charge in [-0.2, -0.15) is 0 Å². The Morgan fingerprint density at radius 1 is 1.14 bits per heavy atom. The molecule has 1 amide bonds. The molecule has 1 aliphatic heterocycles. The molecule has 0 spiro atoms. The highest BCUT2D eigenvalue weighted by molar-refractivity contribution is 5.70. The van der Waals surface area contributed by atoms with Crippen LogP contribution in [-0.2, 0) is 11.3 Å². The smallest absolute Gasteiger partial charge is 0.413 e. The molecule has 1 fully saturated rings. The number of hydrogen-bond donors (Lipinski definition) is 0. The topological polar surface area (TPSA) is 38.8 Å². The van der Waals surface area contributed by atoms with Crippen molar-refractivity contribution in [3.05, 3.63) is 66.0 Å². The van der Waals surface area contributed by atoms with Crippen molar-refractivity contribution in [3.63, 3.8) is 0 Å². The van der Waals surface area contributed by atoms with Crippen molar-refractivity contribution >= 4 is 6.09 Å². The third-order valence-electron chi connectivity index (χ3n) is 3.51. The van der Waals surface area contributed by atoms with E-state index in [4.69, 9.17) is 9.47 Å². The number of carbonyl (C=O) groups is 1. The Bertz CT molecular complexity index is 662. The molecule has 2 atom stereocenters. The Labute approximate surface area is 128 Å². The summed E-state index contributed by atoms with van der Waals surface area (Å²) in [6.07, 6.45) is -1.60. The van der Waals surface area contributed by atoms with Crippen LogP contribution in [0.15, 0.2) is 54.6 Å². The van der Waals surface area contributed by atoms with Crippen LogP contribution in [0.3, 0.4) is 0 Å². The number of halogens is 1. The Hall–Kier alpha value is -2.56. The first-order valence-corrected chi connectivity index (χ1v) is 7.07. The molecule has 1 saturated heterocycles. The minimum Gasteiger partial charge on any atom is -0.463 e. The standard InChI is InChI=1S/C17H16FNO3/c1-12-16(22-15-10-6-5-9-14(15)18)19(17(20)21-12)11-13-7-3-2-4-8-13/h2-10,12,16H,11H2,1H3. The third kappa shape index (κ3) is 2.88. The number of benzene rings is 2. The molecule has 0 N–H and O–H groups in total. The average molecular weight is 301 g/mol. The van der Waals surface area contributed by atoms with Crippen LogP contribution in [0.25, 0.3) is 0 Å². The second-order valence-corrected chi connectivity index (χ2v) is 5.14. The van der Waals surface area contributed by atoms with Crippen molar-refractivity contribution in [1.29, 1.82) is 0 Å². The first-order valence-electron chi connectivity index (χ1n) is 7.07. The predicted molar refractivity (Wildman–Crippen MR) is 78.7 cm³/mol. The van der Waals surface area contributed by atoms with Crippen molar-refractivity contribution in [2.24, 2.45) is 0 Å². The van der Waals surface area contributed by atoms with Gasteiger partial charge in [0.1, 0.15) is 0 Å². The first-order chi connectivity index (χ1) is 10.6. The second-order valence-electron chi connectivity index (χ2n) is 5.14. The van der Waals surface area contributed by atoms with Crippen LogP contribution in [0, 0.1) is 5.82 Å².